The van der Waals surface area contributed by atoms with Gasteiger partial charge >= 0.3 is 0 Å². The number of nitrogens with one attached hydrogen (secondary N) is 1. The number of rotatable bonds is 1. The van der Waals surface area contributed by atoms with Crippen molar-refractivity contribution in [2.24, 2.45) is 0 Å². The van der Waals surface area contributed by atoms with Crippen LogP contribution in [0.4, 0.5) is 5.69 Å². The molecule has 1 heterocycles. The van der Waals surface area contributed by atoms with Gasteiger partial charge in [-0.25, -0.2) is 0 Å². The minimum Gasteiger partial charge on any atom is -0.380 e. The van der Waals surface area contributed by atoms with Crippen LogP contribution in [0.3, 0.4) is 0 Å². The molecule has 72 valence electrons. The number of benzene rings is 1. The van der Waals surface area contributed by atoms with Gasteiger partial charge in [0.15, 0.2) is 5.78 Å². The SMILES string of the molecule is CC(=O)C1=C(C)c2ccccc2NC1. The molecule has 1 aliphatic rings. The second-order valence-electron chi connectivity index (χ2n) is 3.56. The molecule has 0 radical (unpaired) electrons. The Labute approximate surface area is 83.6 Å². The van der Waals surface area contributed by atoms with Gasteiger partial charge in [0.1, 0.15) is 0 Å². The summed E-state index contributed by atoms with van der Waals surface area (Å²) in [7, 11) is 0. The molecule has 1 N–H and O–H groups in total. The van der Waals surface area contributed by atoms with Gasteiger partial charge in [0.05, 0.1) is 0 Å². The van der Waals surface area contributed by atoms with E-state index in [2.05, 4.69) is 5.32 Å². The van der Waals surface area contributed by atoms with Crippen molar-refractivity contribution in [3.8, 4) is 0 Å². The summed E-state index contributed by atoms with van der Waals surface area (Å²) in [5.41, 5.74) is 4.26. The van der Waals surface area contributed by atoms with Gasteiger partial charge in [-0.2, -0.15) is 0 Å². The molecule has 0 aliphatic carbocycles. The lowest BCUT2D eigenvalue weighted by molar-refractivity contribution is -0.113. The number of fused-ring (bicyclic) bond motifs is 1. The zero-order chi connectivity index (χ0) is 10.1. The highest BCUT2D eigenvalue weighted by Crippen LogP contribution is 2.30. The van der Waals surface area contributed by atoms with Crippen molar-refractivity contribution in [1.29, 1.82) is 0 Å². The minimum absolute atomic E-state index is 0.157. The molecule has 2 heteroatoms. The molecule has 0 saturated carbocycles. The van der Waals surface area contributed by atoms with Gasteiger partial charge in [-0.3, -0.25) is 4.79 Å². The molecule has 0 spiro atoms. The lowest BCUT2D eigenvalue weighted by Gasteiger charge is -2.21. The highest BCUT2D eigenvalue weighted by Gasteiger charge is 2.16. The largest absolute Gasteiger partial charge is 0.380 e. The molecule has 1 aromatic carbocycles. The molecular weight excluding hydrogens is 174 g/mol. The average Bonchev–Trinajstić information content (AvgIpc) is 2.18. The quantitative estimate of drug-likeness (QED) is 0.731. The summed E-state index contributed by atoms with van der Waals surface area (Å²) in [5.74, 6) is 0.157. The first-order chi connectivity index (χ1) is 6.70. The van der Waals surface area contributed by atoms with Crippen LogP contribution in [0.1, 0.15) is 19.4 Å². The lowest BCUT2D eigenvalue weighted by atomic mass is 9.94. The van der Waals surface area contributed by atoms with Crippen LogP contribution < -0.4 is 5.32 Å². The highest BCUT2D eigenvalue weighted by molar-refractivity contribution is 6.04. The van der Waals surface area contributed by atoms with Gasteiger partial charge in [0.2, 0.25) is 0 Å². The summed E-state index contributed by atoms with van der Waals surface area (Å²) in [6.45, 7) is 4.28. The van der Waals surface area contributed by atoms with E-state index >= 15 is 0 Å². The molecular formula is C12H13NO. The molecule has 0 amide bonds. The third kappa shape index (κ3) is 1.33. The second kappa shape index (κ2) is 3.29. The van der Waals surface area contributed by atoms with Crippen molar-refractivity contribution in [1.82, 2.24) is 0 Å². The average molecular weight is 187 g/mol. The number of anilines is 1. The van der Waals surface area contributed by atoms with E-state index in [0.717, 1.165) is 22.4 Å². The van der Waals surface area contributed by atoms with Gasteiger partial charge in [0, 0.05) is 23.4 Å². The van der Waals surface area contributed by atoms with Crippen molar-refractivity contribution in [3.63, 3.8) is 0 Å². The van der Waals surface area contributed by atoms with Crippen molar-refractivity contribution in [3.05, 3.63) is 35.4 Å². The van der Waals surface area contributed by atoms with Gasteiger partial charge in [0.25, 0.3) is 0 Å². The van der Waals surface area contributed by atoms with E-state index in [0.29, 0.717) is 6.54 Å². The summed E-state index contributed by atoms with van der Waals surface area (Å²) in [4.78, 5) is 11.3. The fourth-order valence-corrected chi connectivity index (χ4v) is 1.83. The van der Waals surface area contributed by atoms with Crippen molar-refractivity contribution in [2.75, 3.05) is 11.9 Å². The summed E-state index contributed by atoms with van der Waals surface area (Å²) in [6.07, 6.45) is 0. The van der Waals surface area contributed by atoms with Crippen LogP contribution in [0.2, 0.25) is 0 Å². The van der Waals surface area contributed by atoms with Crippen LogP contribution in [-0.4, -0.2) is 12.3 Å². The minimum atomic E-state index is 0.157. The Balaban J connectivity index is 2.56. The maximum atomic E-state index is 11.3. The summed E-state index contributed by atoms with van der Waals surface area (Å²) < 4.78 is 0. The van der Waals surface area contributed by atoms with Crippen molar-refractivity contribution in [2.45, 2.75) is 13.8 Å². The molecule has 0 fully saturated rings. The molecule has 0 aromatic heterocycles. The number of carbonyl (C=O) groups is 1. The van der Waals surface area contributed by atoms with Crippen LogP contribution in [-0.2, 0) is 4.79 Å². The fraction of sp³-hybridized carbons (Fsp3) is 0.250. The third-order valence-electron chi connectivity index (χ3n) is 2.66. The molecule has 2 nitrogen and oxygen atoms in total. The van der Waals surface area contributed by atoms with E-state index in [-0.39, 0.29) is 5.78 Å². The predicted octanol–water partition coefficient (Wildman–Crippen LogP) is 2.47. The molecule has 14 heavy (non-hydrogen) atoms. The Hall–Kier alpha value is -1.57. The fourth-order valence-electron chi connectivity index (χ4n) is 1.83. The highest BCUT2D eigenvalue weighted by atomic mass is 16.1. The Bertz CT molecular complexity index is 418. The summed E-state index contributed by atoms with van der Waals surface area (Å²) in [5, 5.41) is 3.25. The number of carbonyl (C=O) groups excluding carboxylic acids is 1. The van der Waals surface area contributed by atoms with Gasteiger partial charge in [-0.15, -0.1) is 0 Å². The summed E-state index contributed by atoms with van der Waals surface area (Å²) >= 11 is 0. The number of ketones is 1. The van der Waals surface area contributed by atoms with Gasteiger partial charge in [-0.1, -0.05) is 18.2 Å². The molecule has 1 aliphatic heterocycles. The predicted molar refractivity (Wildman–Crippen MR) is 58.2 cm³/mol. The molecule has 1 aromatic rings. The zero-order valence-electron chi connectivity index (χ0n) is 8.42. The number of para-hydroxylation sites is 1. The van der Waals surface area contributed by atoms with Crippen LogP contribution in [0.5, 0.6) is 0 Å². The Kier molecular flexibility index (Phi) is 2.12. The van der Waals surface area contributed by atoms with E-state index in [1.807, 2.05) is 31.2 Å². The second-order valence-corrected chi connectivity index (χ2v) is 3.56. The number of Topliss-reactive ketones (excluding diaryl/α,β-unsaturated/α-hetero) is 1. The van der Waals surface area contributed by atoms with E-state index in [4.69, 9.17) is 0 Å². The van der Waals surface area contributed by atoms with Crippen LogP contribution in [0, 0.1) is 0 Å². The van der Waals surface area contributed by atoms with Gasteiger partial charge in [-0.05, 0) is 25.5 Å². The first kappa shape index (κ1) is 9.00. The standard InChI is InChI=1S/C12H13NO/c1-8-10-5-3-4-6-12(10)13-7-11(8)9(2)14/h3-6,13H,7H2,1-2H3. The summed E-state index contributed by atoms with van der Waals surface area (Å²) in [6, 6.07) is 8.07. The smallest absolute Gasteiger partial charge is 0.157 e. The van der Waals surface area contributed by atoms with Gasteiger partial charge < -0.3 is 5.32 Å². The van der Waals surface area contributed by atoms with Crippen LogP contribution >= 0.6 is 0 Å². The van der Waals surface area contributed by atoms with E-state index < -0.39 is 0 Å². The first-order valence-corrected chi connectivity index (χ1v) is 4.74. The molecule has 0 saturated heterocycles. The topological polar surface area (TPSA) is 29.1 Å². The Morgan fingerprint density at radius 2 is 2.07 bits per heavy atom. The lowest BCUT2D eigenvalue weighted by Crippen LogP contribution is -2.17. The normalized spacial score (nSPS) is 14.7. The van der Waals surface area contributed by atoms with Crippen LogP contribution in [0.25, 0.3) is 5.57 Å². The van der Waals surface area contributed by atoms with E-state index in [1.165, 1.54) is 0 Å². The number of hydrogen-bond donors (Lipinski definition) is 1. The number of hydrogen-bond acceptors (Lipinski definition) is 2. The van der Waals surface area contributed by atoms with E-state index in [9.17, 15) is 4.79 Å². The van der Waals surface area contributed by atoms with Crippen LogP contribution in [0.15, 0.2) is 29.8 Å². The Morgan fingerprint density at radius 1 is 1.36 bits per heavy atom. The maximum Gasteiger partial charge on any atom is 0.157 e. The maximum absolute atomic E-state index is 11.3. The number of allylic oxidation sites excluding steroid dienone is 1. The van der Waals surface area contributed by atoms with Crippen molar-refractivity contribution >= 4 is 17.0 Å². The zero-order valence-corrected chi connectivity index (χ0v) is 8.42. The third-order valence-corrected chi connectivity index (χ3v) is 2.66. The first-order valence-electron chi connectivity index (χ1n) is 4.74. The molecule has 0 atom stereocenters. The Morgan fingerprint density at radius 3 is 2.79 bits per heavy atom. The molecule has 0 bridgehead atoms. The van der Waals surface area contributed by atoms with Crippen molar-refractivity contribution < 1.29 is 4.79 Å². The monoisotopic (exact) mass is 187 g/mol. The molecule has 0 unspecified atom stereocenters. The van der Waals surface area contributed by atoms with E-state index in [1.54, 1.807) is 6.92 Å². The molecule has 2 rings (SSSR count).